The van der Waals surface area contributed by atoms with Crippen molar-refractivity contribution < 1.29 is 24.6 Å². The number of nitrogens with one attached hydrogen (secondary N) is 1. The Kier molecular flexibility index (Phi) is 6.45. The predicted octanol–water partition coefficient (Wildman–Crippen LogP) is -0.350. The van der Waals surface area contributed by atoms with E-state index in [0.717, 1.165) is 5.56 Å². The van der Waals surface area contributed by atoms with Crippen molar-refractivity contribution >= 4 is 17.8 Å². The Morgan fingerprint density at radius 1 is 1.12 bits per heavy atom. The number of carbonyl (C=O) groups is 3. The maximum absolute atomic E-state index is 12.1. The SMILES string of the molecule is NC(Cc1cn(CC(=O)N[C@H](Cc2ccccc2)C(=O)O)cn1)C(=O)O. The molecule has 0 fully saturated rings. The molecule has 1 aromatic heterocycles. The fourth-order valence-electron chi connectivity index (χ4n) is 2.37. The topological polar surface area (TPSA) is 148 Å². The van der Waals surface area contributed by atoms with Crippen LogP contribution in [0.1, 0.15) is 11.3 Å². The third-order valence-electron chi connectivity index (χ3n) is 3.68. The highest BCUT2D eigenvalue weighted by atomic mass is 16.4. The number of amides is 1. The van der Waals surface area contributed by atoms with Crippen LogP contribution in [0.2, 0.25) is 0 Å². The highest BCUT2D eigenvalue weighted by molar-refractivity contribution is 5.83. The van der Waals surface area contributed by atoms with Crippen LogP contribution in [0.5, 0.6) is 0 Å². The van der Waals surface area contributed by atoms with Gasteiger partial charge in [-0.3, -0.25) is 9.59 Å². The van der Waals surface area contributed by atoms with Gasteiger partial charge in [-0.2, -0.15) is 0 Å². The number of nitrogens with two attached hydrogens (primary N) is 1. The molecule has 0 aliphatic heterocycles. The van der Waals surface area contributed by atoms with Crippen molar-refractivity contribution in [1.82, 2.24) is 14.9 Å². The summed E-state index contributed by atoms with van der Waals surface area (Å²) in [5.41, 5.74) is 6.67. The molecule has 1 amide bonds. The minimum atomic E-state index is -1.14. The van der Waals surface area contributed by atoms with Crippen molar-refractivity contribution in [3.05, 3.63) is 54.1 Å². The lowest BCUT2D eigenvalue weighted by Gasteiger charge is -2.14. The lowest BCUT2D eigenvalue weighted by Crippen LogP contribution is -2.43. The van der Waals surface area contributed by atoms with Crippen LogP contribution in [0.4, 0.5) is 0 Å². The van der Waals surface area contributed by atoms with Gasteiger partial charge in [-0.25, -0.2) is 9.78 Å². The van der Waals surface area contributed by atoms with Crippen LogP contribution in [-0.2, 0) is 33.8 Å². The zero-order chi connectivity index (χ0) is 19.1. The number of aromatic nitrogens is 2. The Morgan fingerprint density at radius 2 is 1.81 bits per heavy atom. The fourth-order valence-corrected chi connectivity index (χ4v) is 2.37. The minimum absolute atomic E-state index is 0.0374. The zero-order valence-electron chi connectivity index (χ0n) is 13.9. The Morgan fingerprint density at radius 3 is 2.42 bits per heavy atom. The molecule has 1 unspecified atom stereocenters. The van der Waals surface area contributed by atoms with Gasteiger partial charge in [0, 0.05) is 19.0 Å². The first-order valence-corrected chi connectivity index (χ1v) is 7.90. The predicted molar refractivity (Wildman–Crippen MR) is 91.3 cm³/mol. The Hall–Kier alpha value is -3.20. The van der Waals surface area contributed by atoms with Crippen molar-refractivity contribution in [3.8, 4) is 0 Å². The Labute approximate surface area is 149 Å². The van der Waals surface area contributed by atoms with Gasteiger partial charge in [0.15, 0.2) is 0 Å². The summed E-state index contributed by atoms with van der Waals surface area (Å²) in [6.07, 6.45) is 3.09. The number of benzene rings is 1. The molecule has 0 bridgehead atoms. The summed E-state index contributed by atoms with van der Waals surface area (Å²) in [5, 5.41) is 20.6. The van der Waals surface area contributed by atoms with E-state index in [-0.39, 0.29) is 19.4 Å². The maximum Gasteiger partial charge on any atom is 0.326 e. The second-order valence-electron chi connectivity index (χ2n) is 5.83. The van der Waals surface area contributed by atoms with E-state index >= 15 is 0 Å². The lowest BCUT2D eigenvalue weighted by atomic mass is 10.1. The summed E-state index contributed by atoms with van der Waals surface area (Å²) in [4.78, 5) is 38.2. The summed E-state index contributed by atoms with van der Waals surface area (Å²) < 4.78 is 1.45. The van der Waals surface area contributed by atoms with Crippen molar-refractivity contribution in [1.29, 1.82) is 0 Å². The summed E-state index contributed by atoms with van der Waals surface area (Å²) in [7, 11) is 0. The van der Waals surface area contributed by atoms with Gasteiger partial charge in [0.25, 0.3) is 0 Å². The molecule has 2 rings (SSSR count). The van der Waals surface area contributed by atoms with Crippen LogP contribution in [0, 0.1) is 0 Å². The first-order chi connectivity index (χ1) is 12.3. The van der Waals surface area contributed by atoms with Gasteiger partial charge in [0.2, 0.25) is 5.91 Å². The van der Waals surface area contributed by atoms with E-state index in [1.54, 1.807) is 24.3 Å². The van der Waals surface area contributed by atoms with Crippen LogP contribution < -0.4 is 11.1 Å². The van der Waals surface area contributed by atoms with E-state index in [0.29, 0.717) is 5.69 Å². The standard InChI is InChI=1S/C17H20N4O5/c18-13(16(23)24)7-12-8-21(10-19-12)9-15(22)20-14(17(25)26)6-11-4-2-1-3-5-11/h1-5,8,10,13-14H,6-7,9,18H2,(H,20,22)(H,23,24)(H,25,26)/t13?,14-/m1/s1. The van der Waals surface area contributed by atoms with E-state index < -0.39 is 29.9 Å². The monoisotopic (exact) mass is 360 g/mol. The molecule has 26 heavy (non-hydrogen) atoms. The molecule has 1 heterocycles. The van der Waals surface area contributed by atoms with Crippen molar-refractivity contribution in [2.24, 2.45) is 5.73 Å². The molecule has 9 heteroatoms. The van der Waals surface area contributed by atoms with E-state index in [1.807, 2.05) is 6.07 Å². The maximum atomic E-state index is 12.1. The Balaban J connectivity index is 1.93. The number of hydrogen-bond acceptors (Lipinski definition) is 5. The van der Waals surface area contributed by atoms with Crippen molar-refractivity contribution in [2.45, 2.75) is 31.5 Å². The highest BCUT2D eigenvalue weighted by Gasteiger charge is 2.21. The molecule has 0 spiro atoms. The normalized spacial score (nSPS) is 13.0. The van der Waals surface area contributed by atoms with E-state index in [9.17, 15) is 19.5 Å². The van der Waals surface area contributed by atoms with E-state index in [4.69, 9.17) is 10.8 Å². The van der Waals surface area contributed by atoms with Gasteiger partial charge in [-0.05, 0) is 5.56 Å². The average Bonchev–Trinajstić information content (AvgIpc) is 3.01. The summed E-state index contributed by atoms with van der Waals surface area (Å²) in [5.74, 6) is -2.75. The molecular weight excluding hydrogens is 340 g/mol. The van der Waals surface area contributed by atoms with Gasteiger partial charge in [-0.15, -0.1) is 0 Å². The highest BCUT2D eigenvalue weighted by Crippen LogP contribution is 2.04. The molecule has 9 nitrogen and oxygen atoms in total. The van der Waals surface area contributed by atoms with E-state index in [2.05, 4.69) is 10.3 Å². The molecule has 2 aromatic rings. The lowest BCUT2D eigenvalue weighted by molar-refractivity contribution is -0.142. The van der Waals surface area contributed by atoms with Crippen LogP contribution in [0.25, 0.3) is 0 Å². The second-order valence-corrected chi connectivity index (χ2v) is 5.83. The summed E-state index contributed by atoms with van der Waals surface area (Å²) in [6.45, 7) is -0.131. The third-order valence-corrected chi connectivity index (χ3v) is 3.68. The number of carbonyl (C=O) groups excluding carboxylic acids is 1. The van der Waals surface area contributed by atoms with Crippen LogP contribution in [0.15, 0.2) is 42.9 Å². The average molecular weight is 360 g/mol. The number of aliphatic carboxylic acids is 2. The molecule has 0 aliphatic rings. The third kappa shape index (κ3) is 5.71. The van der Waals surface area contributed by atoms with Crippen LogP contribution in [-0.4, -0.2) is 49.7 Å². The van der Waals surface area contributed by atoms with Crippen molar-refractivity contribution in [2.75, 3.05) is 0 Å². The molecule has 0 saturated carbocycles. The van der Waals surface area contributed by atoms with E-state index in [1.165, 1.54) is 17.1 Å². The van der Waals surface area contributed by atoms with Crippen LogP contribution in [0.3, 0.4) is 0 Å². The number of carboxylic acids is 2. The summed E-state index contributed by atoms with van der Waals surface area (Å²) >= 11 is 0. The largest absolute Gasteiger partial charge is 0.480 e. The summed E-state index contributed by atoms with van der Waals surface area (Å²) in [6, 6.07) is 6.87. The smallest absolute Gasteiger partial charge is 0.326 e. The minimum Gasteiger partial charge on any atom is -0.480 e. The van der Waals surface area contributed by atoms with Gasteiger partial charge in [0.05, 0.1) is 12.0 Å². The quantitative estimate of drug-likeness (QED) is 0.478. The second kappa shape index (κ2) is 8.77. The van der Waals surface area contributed by atoms with Gasteiger partial charge in [0.1, 0.15) is 18.6 Å². The molecule has 1 aromatic carbocycles. The first kappa shape index (κ1) is 19.1. The molecule has 0 aliphatic carbocycles. The number of hydrogen-bond donors (Lipinski definition) is 4. The molecule has 2 atom stereocenters. The number of nitrogens with zero attached hydrogens (tertiary/aromatic N) is 2. The number of imidazole rings is 1. The first-order valence-electron chi connectivity index (χ1n) is 7.90. The molecule has 5 N–H and O–H groups in total. The zero-order valence-corrected chi connectivity index (χ0v) is 13.9. The molecule has 0 radical (unpaired) electrons. The van der Waals surface area contributed by atoms with Gasteiger partial charge < -0.3 is 25.8 Å². The van der Waals surface area contributed by atoms with Gasteiger partial charge >= 0.3 is 11.9 Å². The number of rotatable bonds is 9. The number of carboxylic acid groups (broad SMARTS) is 2. The molecule has 138 valence electrons. The fraction of sp³-hybridized carbons (Fsp3) is 0.294. The van der Waals surface area contributed by atoms with Gasteiger partial charge in [-0.1, -0.05) is 30.3 Å². The Bertz CT molecular complexity index is 774. The van der Waals surface area contributed by atoms with Crippen LogP contribution >= 0.6 is 0 Å². The van der Waals surface area contributed by atoms with Crippen molar-refractivity contribution in [3.63, 3.8) is 0 Å². The molecule has 0 saturated heterocycles. The molecular formula is C17H20N4O5.